The largest absolute Gasteiger partial charge is 0.348 e. The van der Waals surface area contributed by atoms with E-state index in [1.54, 1.807) is 18.5 Å². The summed E-state index contributed by atoms with van der Waals surface area (Å²) in [5.74, 6) is 1.33. The number of rotatable bonds is 14. The zero-order valence-electron chi connectivity index (χ0n) is 22.7. The van der Waals surface area contributed by atoms with E-state index >= 15 is 0 Å². The van der Waals surface area contributed by atoms with E-state index in [2.05, 4.69) is 61.1 Å². The molecule has 38 heavy (non-hydrogen) atoms. The number of carbonyl (C=O) groups is 2. The van der Waals surface area contributed by atoms with Gasteiger partial charge in [0, 0.05) is 31.3 Å². The molecule has 3 aromatic rings. The molecule has 1 aliphatic rings. The minimum absolute atomic E-state index is 0.00355. The van der Waals surface area contributed by atoms with Crippen molar-refractivity contribution < 1.29 is 9.59 Å². The molecule has 10 nitrogen and oxygen atoms in total. The Balaban J connectivity index is 1.45. The zero-order valence-corrected chi connectivity index (χ0v) is 22.7. The summed E-state index contributed by atoms with van der Waals surface area (Å²) in [5.41, 5.74) is 2.02. The standard InChI is InChI=1S/C28H40N8O2/c1-4-14-35(15-5-2)16-6-7-23-28(38)34-24-17-21(8-9-22(24)27(37)33-23)18-36(19-25-29-10-11-30-25)20(3)26-31-12-13-32-26/h8-13,17,20,23H,4-7,14-16,18-19H2,1-3H3,(H,29,30)(H,31,32)(H,33,37)(H,34,38). The maximum absolute atomic E-state index is 13.1. The van der Waals surface area contributed by atoms with Gasteiger partial charge < -0.3 is 25.5 Å². The first-order valence-corrected chi connectivity index (χ1v) is 13.7. The molecule has 2 atom stereocenters. The predicted molar refractivity (Wildman–Crippen MR) is 147 cm³/mol. The van der Waals surface area contributed by atoms with E-state index < -0.39 is 6.04 Å². The monoisotopic (exact) mass is 520 g/mol. The minimum atomic E-state index is -0.544. The summed E-state index contributed by atoms with van der Waals surface area (Å²) in [6, 6.07) is 5.11. The van der Waals surface area contributed by atoms with Crippen molar-refractivity contribution in [1.29, 1.82) is 0 Å². The van der Waals surface area contributed by atoms with Gasteiger partial charge in [0.2, 0.25) is 5.91 Å². The predicted octanol–water partition coefficient (Wildman–Crippen LogP) is 3.85. The van der Waals surface area contributed by atoms with Crippen LogP contribution in [0, 0.1) is 0 Å². The van der Waals surface area contributed by atoms with Crippen molar-refractivity contribution in [3.8, 4) is 0 Å². The summed E-state index contributed by atoms with van der Waals surface area (Å²) in [4.78, 5) is 46.0. The Kier molecular flexibility index (Phi) is 9.67. The van der Waals surface area contributed by atoms with Crippen LogP contribution in [0.15, 0.2) is 43.0 Å². The molecule has 204 valence electrons. The highest BCUT2D eigenvalue weighted by Crippen LogP contribution is 2.26. The first-order chi connectivity index (χ1) is 18.5. The number of aromatic nitrogens is 4. The minimum Gasteiger partial charge on any atom is -0.348 e. The van der Waals surface area contributed by atoms with Gasteiger partial charge in [-0.05, 0) is 69.9 Å². The molecule has 4 N–H and O–H groups in total. The van der Waals surface area contributed by atoms with Gasteiger partial charge in [-0.15, -0.1) is 0 Å². The van der Waals surface area contributed by atoms with E-state index in [4.69, 9.17) is 0 Å². The average molecular weight is 521 g/mol. The zero-order chi connectivity index (χ0) is 26.9. The molecule has 2 aromatic heterocycles. The lowest BCUT2D eigenvalue weighted by atomic mass is 10.1. The first-order valence-electron chi connectivity index (χ1n) is 13.7. The summed E-state index contributed by atoms with van der Waals surface area (Å²) in [6.45, 7) is 10.7. The number of aromatic amines is 2. The maximum Gasteiger partial charge on any atom is 0.254 e. The van der Waals surface area contributed by atoms with E-state index in [1.165, 1.54) is 0 Å². The fraction of sp³-hybridized carbons (Fsp3) is 0.500. The lowest BCUT2D eigenvalue weighted by Crippen LogP contribution is -2.41. The third-order valence-electron chi connectivity index (χ3n) is 7.01. The highest BCUT2D eigenvalue weighted by molar-refractivity contribution is 6.09. The Morgan fingerprint density at radius 2 is 1.74 bits per heavy atom. The molecule has 1 aliphatic heterocycles. The molecular formula is C28H40N8O2. The number of nitrogens with one attached hydrogen (secondary N) is 4. The number of fused-ring (bicyclic) bond motifs is 1. The molecule has 2 amide bonds. The number of amides is 2. The molecular weight excluding hydrogens is 480 g/mol. The molecule has 0 saturated heterocycles. The normalized spacial score (nSPS) is 16.3. The quantitative estimate of drug-likeness (QED) is 0.256. The van der Waals surface area contributed by atoms with Crippen LogP contribution in [0.3, 0.4) is 0 Å². The number of hydrogen-bond acceptors (Lipinski definition) is 6. The van der Waals surface area contributed by atoms with Gasteiger partial charge in [-0.2, -0.15) is 0 Å². The van der Waals surface area contributed by atoms with Crippen molar-refractivity contribution in [1.82, 2.24) is 35.1 Å². The maximum atomic E-state index is 13.1. The van der Waals surface area contributed by atoms with E-state index in [0.717, 1.165) is 56.1 Å². The summed E-state index contributed by atoms with van der Waals surface area (Å²) in [6.07, 6.45) is 10.8. The van der Waals surface area contributed by atoms with Crippen molar-refractivity contribution in [3.63, 3.8) is 0 Å². The number of benzene rings is 1. The third-order valence-corrected chi connectivity index (χ3v) is 7.01. The molecule has 0 radical (unpaired) electrons. The summed E-state index contributed by atoms with van der Waals surface area (Å²) < 4.78 is 0. The van der Waals surface area contributed by atoms with Gasteiger partial charge in [0.25, 0.3) is 5.91 Å². The van der Waals surface area contributed by atoms with Crippen molar-refractivity contribution in [2.45, 2.75) is 71.6 Å². The highest BCUT2D eigenvalue weighted by Gasteiger charge is 2.28. The van der Waals surface area contributed by atoms with Gasteiger partial charge in [-0.25, -0.2) is 9.97 Å². The van der Waals surface area contributed by atoms with E-state index in [1.807, 2.05) is 24.5 Å². The van der Waals surface area contributed by atoms with Crippen LogP contribution in [0.1, 0.15) is 80.1 Å². The Bertz CT molecular complexity index is 1160. The van der Waals surface area contributed by atoms with E-state index in [9.17, 15) is 9.59 Å². The van der Waals surface area contributed by atoms with Crippen LogP contribution in [0.4, 0.5) is 5.69 Å². The van der Waals surface area contributed by atoms with Crippen LogP contribution in [-0.2, 0) is 17.9 Å². The number of anilines is 1. The van der Waals surface area contributed by atoms with Crippen LogP contribution < -0.4 is 10.6 Å². The highest BCUT2D eigenvalue weighted by atomic mass is 16.2. The summed E-state index contributed by atoms with van der Waals surface area (Å²) in [7, 11) is 0. The Labute approximate surface area is 224 Å². The number of H-pyrrole nitrogens is 2. The van der Waals surface area contributed by atoms with E-state index in [0.29, 0.717) is 30.8 Å². The average Bonchev–Trinajstić information content (AvgIpc) is 3.60. The van der Waals surface area contributed by atoms with Gasteiger partial charge in [0.15, 0.2) is 0 Å². The van der Waals surface area contributed by atoms with Gasteiger partial charge in [0.1, 0.15) is 17.7 Å². The number of carbonyl (C=O) groups excluding carboxylic acids is 2. The second-order valence-electron chi connectivity index (χ2n) is 9.97. The number of hydrogen-bond donors (Lipinski definition) is 4. The Morgan fingerprint density at radius 1 is 0.974 bits per heavy atom. The van der Waals surface area contributed by atoms with Crippen LogP contribution in [0.25, 0.3) is 0 Å². The second-order valence-corrected chi connectivity index (χ2v) is 9.97. The SMILES string of the molecule is CCCN(CCC)CCCC1NC(=O)c2ccc(CN(Cc3ncc[nH]3)C(C)c3ncc[nH]3)cc2NC1=O. The topological polar surface area (TPSA) is 122 Å². The van der Waals surface area contributed by atoms with Gasteiger partial charge in [-0.3, -0.25) is 14.5 Å². The van der Waals surface area contributed by atoms with Crippen LogP contribution in [0.5, 0.6) is 0 Å². The van der Waals surface area contributed by atoms with Crippen LogP contribution in [0.2, 0.25) is 0 Å². The lowest BCUT2D eigenvalue weighted by molar-refractivity contribution is -0.118. The van der Waals surface area contributed by atoms with Crippen molar-refractivity contribution in [2.75, 3.05) is 25.0 Å². The lowest BCUT2D eigenvalue weighted by Gasteiger charge is -2.27. The van der Waals surface area contributed by atoms with Crippen molar-refractivity contribution in [3.05, 3.63) is 65.8 Å². The molecule has 0 saturated carbocycles. The summed E-state index contributed by atoms with van der Waals surface area (Å²) in [5, 5.41) is 5.96. The number of nitrogens with zero attached hydrogens (tertiary/aromatic N) is 4. The number of imidazole rings is 2. The van der Waals surface area contributed by atoms with E-state index in [-0.39, 0.29) is 17.9 Å². The Hall–Kier alpha value is -3.50. The van der Waals surface area contributed by atoms with Crippen molar-refractivity contribution in [2.24, 2.45) is 0 Å². The van der Waals surface area contributed by atoms with Gasteiger partial charge >= 0.3 is 0 Å². The van der Waals surface area contributed by atoms with Gasteiger partial charge in [0.05, 0.1) is 23.8 Å². The fourth-order valence-electron chi connectivity index (χ4n) is 5.02. The smallest absolute Gasteiger partial charge is 0.254 e. The van der Waals surface area contributed by atoms with Crippen molar-refractivity contribution >= 4 is 17.5 Å². The molecule has 2 unspecified atom stereocenters. The molecule has 10 heteroatoms. The molecule has 1 aromatic carbocycles. The second kappa shape index (κ2) is 13.3. The third kappa shape index (κ3) is 7.08. The molecule has 0 spiro atoms. The molecule has 0 aliphatic carbocycles. The fourth-order valence-corrected chi connectivity index (χ4v) is 5.02. The molecule has 0 bridgehead atoms. The molecule has 0 fully saturated rings. The first kappa shape index (κ1) is 27.5. The Morgan fingerprint density at radius 3 is 2.42 bits per heavy atom. The van der Waals surface area contributed by atoms with Crippen LogP contribution in [-0.4, -0.2) is 67.2 Å². The van der Waals surface area contributed by atoms with Crippen LogP contribution >= 0.6 is 0 Å². The van der Waals surface area contributed by atoms with Gasteiger partial charge in [-0.1, -0.05) is 19.9 Å². The molecule has 4 rings (SSSR count). The molecule has 3 heterocycles. The summed E-state index contributed by atoms with van der Waals surface area (Å²) >= 11 is 0.